The quantitative estimate of drug-likeness (QED) is 0.589. The summed E-state index contributed by atoms with van der Waals surface area (Å²) in [5.74, 6) is 5.65. The largest absolute Gasteiger partial charge is 0.341 e. The van der Waals surface area contributed by atoms with Crippen molar-refractivity contribution in [1.82, 2.24) is 5.32 Å². The zero-order valence-electron chi connectivity index (χ0n) is 8.50. The van der Waals surface area contributed by atoms with Crippen LogP contribution in [0.3, 0.4) is 0 Å². The van der Waals surface area contributed by atoms with Crippen molar-refractivity contribution in [3.8, 4) is 11.8 Å². The Hall–Kier alpha value is -1.99. The number of urea groups is 1. The molecular formula is C11H13N3O. The Bertz CT molecular complexity index is 387. The maximum Gasteiger partial charge on any atom is 0.318 e. The fraction of sp³-hybridized carbons (Fsp3) is 0.182. The lowest BCUT2D eigenvalue weighted by Crippen LogP contribution is -2.24. The van der Waals surface area contributed by atoms with Crippen LogP contribution in [0.1, 0.15) is 5.56 Å². The number of carbonyl (C=O) groups is 1. The molecule has 0 fully saturated rings. The second kappa shape index (κ2) is 5.68. The summed E-state index contributed by atoms with van der Waals surface area (Å²) < 4.78 is 0. The van der Waals surface area contributed by atoms with Crippen LogP contribution in [0.25, 0.3) is 0 Å². The van der Waals surface area contributed by atoms with Crippen molar-refractivity contribution in [2.45, 2.75) is 0 Å². The topological polar surface area (TPSA) is 67.2 Å². The summed E-state index contributed by atoms with van der Waals surface area (Å²) in [6.45, 7) is 0.345. The molecule has 0 atom stereocenters. The van der Waals surface area contributed by atoms with E-state index in [4.69, 9.17) is 5.73 Å². The third kappa shape index (κ3) is 3.71. The van der Waals surface area contributed by atoms with Crippen LogP contribution in [0.2, 0.25) is 0 Å². The van der Waals surface area contributed by atoms with E-state index in [2.05, 4.69) is 22.5 Å². The van der Waals surface area contributed by atoms with Gasteiger partial charge in [0.05, 0.1) is 6.54 Å². The minimum Gasteiger partial charge on any atom is -0.341 e. The number of amides is 2. The SMILES string of the molecule is CNC(=O)Nc1ccc(C#CCN)cc1. The van der Waals surface area contributed by atoms with E-state index in [0.717, 1.165) is 11.3 Å². The highest BCUT2D eigenvalue weighted by Gasteiger charge is 1.96. The molecule has 4 nitrogen and oxygen atoms in total. The van der Waals surface area contributed by atoms with E-state index in [9.17, 15) is 4.79 Å². The molecule has 1 aromatic rings. The average Bonchev–Trinajstić information content (AvgIpc) is 2.28. The summed E-state index contributed by atoms with van der Waals surface area (Å²) in [5.41, 5.74) is 6.86. The number of nitrogens with two attached hydrogens (primary N) is 1. The lowest BCUT2D eigenvalue weighted by Gasteiger charge is -2.03. The van der Waals surface area contributed by atoms with Gasteiger partial charge in [-0.3, -0.25) is 0 Å². The Kier molecular flexibility index (Phi) is 4.20. The van der Waals surface area contributed by atoms with E-state index in [1.54, 1.807) is 19.2 Å². The van der Waals surface area contributed by atoms with Gasteiger partial charge < -0.3 is 16.4 Å². The van der Waals surface area contributed by atoms with Gasteiger partial charge in [-0.1, -0.05) is 11.8 Å². The molecule has 0 aliphatic carbocycles. The van der Waals surface area contributed by atoms with Crippen molar-refractivity contribution in [2.24, 2.45) is 5.73 Å². The summed E-state index contributed by atoms with van der Waals surface area (Å²) in [7, 11) is 1.57. The fourth-order valence-corrected chi connectivity index (χ4v) is 0.984. The third-order valence-electron chi connectivity index (χ3n) is 1.70. The van der Waals surface area contributed by atoms with E-state index >= 15 is 0 Å². The van der Waals surface area contributed by atoms with E-state index in [-0.39, 0.29) is 6.03 Å². The van der Waals surface area contributed by atoms with Crippen LogP contribution in [0.5, 0.6) is 0 Å². The Morgan fingerprint density at radius 2 is 2.07 bits per heavy atom. The molecule has 0 bridgehead atoms. The van der Waals surface area contributed by atoms with Gasteiger partial charge in [0.1, 0.15) is 0 Å². The minimum absolute atomic E-state index is 0.240. The molecule has 0 spiro atoms. The smallest absolute Gasteiger partial charge is 0.318 e. The van der Waals surface area contributed by atoms with Crippen molar-refractivity contribution in [1.29, 1.82) is 0 Å². The van der Waals surface area contributed by atoms with Gasteiger partial charge in [-0.15, -0.1) is 0 Å². The first-order chi connectivity index (χ1) is 7.26. The van der Waals surface area contributed by atoms with E-state index in [0.29, 0.717) is 6.54 Å². The van der Waals surface area contributed by atoms with Crippen molar-refractivity contribution < 1.29 is 4.79 Å². The normalized spacial score (nSPS) is 8.67. The molecule has 4 N–H and O–H groups in total. The van der Waals surface area contributed by atoms with Crippen LogP contribution < -0.4 is 16.4 Å². The van der Waals surface area contributed by atoms with Crippen molar-refractivity contribution in [3.05, 3.63) is 29.8 Å². The molecule has 0 heterocycles. The highest BCUT2D eigenvalue weighted by Crippen LogP contribution is 2.08. The molecular weight excluding hydrogens is 190 g/mol. The summed E-state index contributed by atoms with van der Waals surface area (Å²) in [5, 5.41) is 5.12. The number of hydrogen-bond donors (Lipinski definition) is 3. The van der Waals surface area contributed by atoms with E-state index < -0.39 is 0 Å². The minimum atomic E-state index is -0.240. The molecule has 15 heavy (non-hydrogen) atoms. The number of benzene rings is 1. The Morgan fingerprint density at radius 3 is 2.60 bits per heavy atom. The highest BCUT2D eigenvalue weighted by molar-refractivity contribution is 5.88. The molecule has 0 saturated heterocycles. The first kappa shape index (κ1) is 11.1. The van der Waals surface area contributed by atoms with Crippen LogP contribution in [0.15, 0.2) is 24.3 Å². The van der Waals surface area contributed by atoms with Crippen molar-refractivity contribution >= 4 is 11.7 Å². The molecule has 0 saturated carbocycles. The molecule has 4 heteroatoms. The molecule has 0 aromatic heterocycles. The predicted molar refractivity (Wildman–Crippen MR) is 60.5 cm³/mol. The summed E-state index contributed by atoms with van der Waals surface area (Å²) in [6, 6.07) is 6.99. The maximum atomic E-state index is 11.0. The second-order valence-corrected chi connectivity index (χ2v) is 2.79. The Labute approximate surface area is 88.9 Å². The average molecular weight is 203 g/mol. The van der Waals surface area contributed by atoms with Gasteiger partial charge in [0.25, 0.3) is 0 Å². The second-order valence-electron chi connectivity index (χ2n) is 2.79. The first-order valence-corrected chi connectivity index (χ1v) is 4.54. The standard InChI is InChI=1S/C11H13N3O/c1-13-11(15)14-10-6-4-9(5-7-10)3-2-8-12/h4-7H,8,12H2,1H3,(H2,13,14,15). The number of nitrogens with one attached hydrogen (secondary N) is 2. The molecule has 2 amide bonds. The van der Waals surface area contributed by atoms with Crippen molar-refractivity contribution in [3.63, 3.8) is 0 Å². The zero-order valence-corrected chi connectivity index (χ0v) is 8.50. The molecule has 0 aliphatic rings. The lowest BCUT2D eigenvalue weighted by atomic mass is 10.2. The molecule has 0 aliphatic heterocycles. The number of anilines is 1. The van der Waals surface area contributed by atoms with Gasteiger partial charge in [-0.05, 0) is 24.3 Å². The third-order valence-corrected chi connectivity index (χ3v) is 1.70. The summed E-state index contributed by atoms with van der Waals surface area (Å²) >= 11 is 0. The first-order valence-electron chi connectivity index (χ1n) is 4.54. The van der Waals surface area contributed by atoms with Crippen molar-refractivity contribution in [2.75, 3.05) is 18.9 Å². The maximum absolute atomic E-state index is 11.0. The van der Waals surface area contributed by atoms with Crippen LogP contribution in [-0.2, 0) is 0 Å². The van der Waals surface area contributed by atoms with Gasteiger partial charge >= 0.3 is 6.03 Å². The molecule has 0 radical (unpaired) electrons. The number of rotatable bonds is 1. The molecule has 0 unspecified atom stereocenters. The van der Waals surface area contributed by atoms with Gasteiger partial charge in [0.2, 0.25) is 0 Å². The van der Waals surface area contributed by atoms with E-state index in [1.807, 2.05) is 12.1 Å². The van der Waals surface area contributed by atoms with Gasteiger partial charge in [0.15, 0.2) is 0 Å². The van der Waals surface area contributed by atoms with Crippen LogP contribution in [0, 0.1) is 11.8 Å². The summed E-state index contributed by atoms with van der Waals surface area (Å²) in [6.07, 6.45) is 0. The predicted octanol–water partition coefficient (Wildman–Crippen LogP) is 0.748. The van der Waals surface area contributed by atoms with Crippen LogP contribution in [0.4, 0.5) is 10.5 Å². The Morgan fingerprint density at radius 1 is 1.40 bits per heavy atom. The molecule has 1 rings (SSSR count). The van der Waals surface area contributed by atoms with Gasteiger partial charge in [-0.2, -0.15) is 0 Å². The van der Waals surface area contributed by atoms with E-state index in [1.165, 1.54) is 0 Å². The zero-order chi connectivity index (χ0) is 11.1. The monoisotopic (exact) mass is 203 g/mol. The van der Waals surface area contributed by atoms with Gasteiger partial charge in [-0.25, -0.2) is 4.79 Å². The Balaban J connectivity index is 2.68. The number of carbonyl (C=O) groups excluding carboxylic acids is 1. The molecule has 1 aromatic carbocycles. The lowest BCUT2D eigenvalue weighted by molar-refractivity contribution is 0.254. The fourth-order valence-electron chi connectivity index (χ4n) is 0.984. The number of hydrogen-bond acceptors (Lipinski definition) is 2. The summed E-state index contributed by atoms with van der Waals surface area (Å²) in [4.78, 5) is 11.0. The van der Waals surface area contributed by atoms with Crippen LogP contribution in [-0.4, -0.2) is 19.6 Å². The molecule has 78 valence electrons. The highest BCUT2D eigenvalue weighted by atomic mass is 16.2. The van der Waals surface area contributed by atoms with Gasteiger partial charge in [0, 0.05) is 18.3 Å². The van der Waals surface area contributed by atoms with Crippen LogP contribution >= 0.6 is 0 Å².